The smallest absolute Gasteiger partial charge is 0.326 e. The first-order valence-corrected chi connectivity index (χ1v) is 13.6. The van der Waals surface area contributed by atoms with Gasteiger partial charge in [0.15, 0.2) is 0 Å². The predicted molar refractivity (Wildman–Crippen MR) is 144 cm³/mol. The van der Waals surface area contributed by atoms with Gasteiger partial charge >= 0.3 is 11.9 Å². The largest absolute Gasteiger partial charge is 0.481 e. The summed E-state index contributed by atoms with van der Waals surface area (Å²) >= 11 is 1.50. The van der Waals surface area contributed by atoms with E-state index in [1.165, 1.54) is 24.3 Å². The molecule has 0 bridgehead atoms. The summed E-state index contributed by atoms with van der Waals surface area (Å²) < 4.78 is 0. The van der Waals surface area contributed by atoms with Crippen LogP contribution in [0.5, 0.6) is 0 Å². The number of aliphatic carboxylic acids is 2. The lowest BCUT2D eigenvalue weighted by Gasteiger charge is -2.25. The van der Waals surface area contributed by atoms with E-state index in [2.05, 4.69) is 25.9 Å². The summed E-state index contributed by atoms with van der Waals surface area (Å²) in [6, 6.07) is 4.02. The zero-order chi connectivity index (χ0) is 28.8. The van der Waals surface area contributed by atoms with Crippen molar-refractivity contribution in [1.29, 1.82) is 0 Å². The third-order valence-electron chi connectivity index (χ3n) is 5.76. The summed E-state index contributed by atoms with van der Waals surface area (Å²) in [6.45, 7) is 0. The molecule has 1 aromatic heterocycles. The molecule has 4 atom stereocenters. The molecule has 0 fully saturated rings. The van der Waals surface area contributed by atoms with Gasteiger partial charge in [-0.1, -0.05) is 30.3 Å². The normalized spacial score (nSPS) is 13.9. The van der Waals surface area contributed by atoms with Crippen LogP contribution in [-0.2, 0) is 36.8 Å². The topological polar surface area (TPSA) is 217 Å². The Labute approximate surface area is 229 Å². The van der Waals surface area contributed by atoms with Crippen molar-refractivity contribution in [1.82, 2.24) is 25.9 Å². The number of H-pyrrole nitrogens is 1. The minimum Gasteiger partial charge on any atom is -0.481 e. The molecule has 39 heavy (non-hydrogen) atoms. The number of carbonyl (C=O) groups excluding carboxylic acids is 3. The zero-order valence-corrected chi connectivity index (χ0v) is 22.3. The molecule has 0 radical (unpaired) electrons. The number of nitrogens with one attached hydrogen (secondary N) is 4. The van der Waals surface area contributed by atoms with Crippen LogP contribution in [0.15, 0.2) is 42.9 Å². The predicted octanol–water partition coefficient (Wildman–Crippen LogP) is -0.321. The Morgan fingerprint density at radius 3 is 2.15 bits per heavy atom. The average Bonchev–Trinajstić information content (AvgIpc) is 3.42. The molecule has 0 aliphatic heterocycles. The maximum absolute atomic E-state index is 13.2. The Morgan fingerprint density at radius 2 is 1.56 bits per heavy atom. The van der Waals surface area contributed by atoms with E-state index in [0.29, 0.717) is 23.4 Å². The Balaban J connectivity index is 2.22. The second-order valence-corrected chi connectivity index (χ2v) is 9.80. The number of hydrogen-bond donors (Lipinski definition) is 7. The number of rotatable bonds is 17. The summed E-state index contributed by atoms with van der Waals surface area (Å²) in [6.07, 6.45) is 4.32. The summed E-state index contributed by atoms with van der Waals surface area (Å²) in [7, 11) is 0. The maximum atomic E-state index is 13.2. The summed E-state index contributed by atoms with van der Waals surface area (Å²) in [5.41, 5.74) is 7.07. The van der Waals surface area contributed by atoms with E-state index in [1.807, 2.05) is 6.26 Å². The Hall–Kier alpha value is -3.91. The highest BCUT2D eigenvalue weighted by Gasteiger charge is 2.31. The molecule has 0 spiro atoms. The second-order valence-electron chi connectivity index (χ2n) is 8.81. The summed E-state index contributed by atoms with van der Waals surface area (Å²) in [5, 5.41) is 26.3. The zero-order valence-electron chi connectivity index (χ0n) is 21.5. The quantitative estimate of drug-likeness (QED) is 0.133. The van der Waals surface area contributed by atoms with Crippen LogP contribution in [0, 0.1) is 0 Å². The number of nitrogens with two attached hydrogens (primary N) is 1. The van der Waals surface area contributed by atoms with E-state index >= 15 is 0 Å². The van der Waals surface area contributed by atoms with Gasteiger partial charge < -0.3 is 36.9 Å². The molecule has 14 heteroatoms. The van der Waals surface area contributed by atoms with Crippen molar-refractivity contribution in [2.24, 2.45) is 5.73 Å². The van der Waals surface area contributed by atoms with Gasteiger partial charge in [0.2, 0.25) is 17.7 Å². The maximum Gasteiger partial charge on any atom is 0.326 e. The number of thioether (sulfide) groups is 1. The number of benzene rings is 1. The number of carbonyl (C=O) groups is 5. The van der Waals surface area contributed by atoms with Gasteiger partial charge in [-0.25, -0.2) is 9.78 Å². The van der Waals surface area contributed by atoms with Crippen LogP contribution in [0.4, 0.5) is 0 Å². The fourth-order valence-corrected chi connectivity index (χ4v) is 4.10. The van der Waals surface area contributed by atoms with Gasteiger partial charge in [0.05, 0.1) is 12.4 Å². The van der Waals surface area contributed by atoms with Crippen LogP contribution in [0.1, 0.15) is 30.5 Å². The fraction of sp³-hybridized carbons (Fsp3) is 0.440. The third-order valence-corrected chi connectivity index (χ3v) is 6.40. The first-order chi connectivity index (χ1) is 18.6. The van der Waals surface area contributed by atoms with Crippen LogP contribution in [0.25, 0.3) is 0 Å². The van der Waals surface area contributed by atoms with Crippen LogP contribution in [0.2, 0.25) is 0 Å². The molecule has 0 aliphatic carbocycles. The lowest BCUT2D eigenvalue weighted by atomic mass is 10.0. The SMILES string of the molecule is CSCCC(N)C(=O)NC(CCC(=O)O)C(=O)NC(Cc1ccccc1)C(=O)NC(Cc1cnc[nH]1)C(=O)O. The summed E-state index contributed by atoms with van der Waals surface area (Å²) in [5.74, 6) is -4.02. The van der Waals surface area contributed by atoms with Gasteiger partial charge in [-0.15, -0.1) is 0 Å². The van der Waals surface area contributed by atoms with E-state index in [0.717, 1.165) is 0 Å². The van der Waals surface area contributed by atoms with Crippen molar-refractivity contribution in [3.8, 4) is 0 Å². The van der Waals surface area contributed by atoms with Gasteiger partial charge in [-0.2, -0.15) is 11.8 Å². The molecule has 13 nitrogen and oxygen atoms in total. The Morgan fingerprint density at radius 1 is 0.923 bits per heavy atom. The van der Waals surface area contributed by atoms with Crippen molar-refractivity contribution in [3.05, 3.63) is 54.1 Å². The molecule has 0 aliphatic rings. The molecular weight excluding hydrogens is 528 g/mol. The molecule has 1 aromatic carbocycles. The van der Waals surface area contributed by atoms with Crippen molar-refractivity contribution in [2.45, 2.75) is 56.3 Å². The number of nitrogens with zero attached hydrogens (tertiary/aromatic N) is 1. The van der Waals surface area contributed by atoms with Gasteiger partial charge in [0, 0.05) is 31.2 Å². The fourth-order valence-electron chi connectivity index (χ4n) is 3.61. The van der Waals surface area contributed by atoms with E-state index in [4.69, 9.17) is 10.8 Å². The second kappa shape index (κ2) is 16.1. The van der Waals surface area contributed by atoms with Crippen molar-refractivity contribution >= 4 is 41.4 Å². The van der Waals surface area contributed by atoms with Crippen LogP contribution >= 0.6 is 11.8 Å². The van der Waals surface area contributed by atoms with Gasteiger partial charge in [-0.3, -0.25) is 19.2 Å². The molecule has 212 valence electrons. The highest BCUT2D eigenvalue weighted by molar-refractivity contribution is 7.98. The van der Waals surface area contributed by atoms with Crippen LogP contribution in [0.3, 0.4) is 0 Å². The Kier molecular flexibility index (Phi) is 13.0. The molecule has 8 N–H and O–H groups in total. The lowest BCUT2D eigenvalue weighted by Crippen LogP contribution is -2.58. The first kappa shape index (κ1) is 31.3. The molecule has 0 saturated carbocycles. The number of aromatic amines is 1. The summed E-state index contributed by atoms with van der Waals surface area (Å²) in [4.78, 5) is 68.7. The average molecular weight is 563 g/mol. The first-order valence-electron chi connectivity index (χ1n) is 12.2. The number of amides is 3. The highest BCUT2D eigenvalue weighted by atomic mass is 32.2. The third kappa shape index (κ3) is 11.2. The van der Waals surface area contributed by atoms with Crippen LogP contribution < -0.4 is 21.7 Å². The highest BCUT2D eigenvalue weighted by Crippen LogP contribution is 2.08. The molecule has 0 saturated heterocycles. The molecule has 2 aromatic rings. The minimum atomic E-state index is -1.31. The van der Waals surface area contributed by atoms with Gasteiger partial charge in [0.1, 0.15) is 18.1 Å². The number of carboxylic acid groups (broad SMARTS) is 2. The van der Waals surface area contributed by atoms with Crippen LogP contribution in [-0.4, -0.2) is 86.0 Å². The van der Waals surface area contributed by atoms with Crippen molar-refractivity contribution in [3.63, 3.8) is 0 Å². The molecule has 3 amide bonds. The Bertz CT molecular complexity index is 1100. The lowest BCUT2D eigenvalue weighted by molar-refractivity contribution is -0.142. The monoisotopic (exact) mass is 562 g/mol. The van der Waals surface area contributed by atoms with E-state index in [9.17, 15) is 29.1 Å². The van der Waals surface area contributed by atoms with E-state index < -0.39 is 60.2 Å². The molecule has 4 unspecified atom stereocenters. The molecular formula is C25H34N6O7S. The standard InChI is InChI=1S/C25H34N6O7S/c1-39-10-9-17(26)22(34)29-18(7-8-21(32)33)23(35)30-19(11-15-5-3-2-4-6-15)24(36)31-20(25(37)38)12-16-13-27-14-28-16/h2-6,13-14,17-20H,7-12,26H2,1H3,(H,27,28)(H,29,34)(H,30,35)(H,31,36)(H,32,33)(H,37,38). The number of hydrogen-bond acceptors (Lipinski definition) is 8. The van der Waals surface area contributed by atoms with E-state index in [1.54, 1.807) is 30.3 Å². The minimum absolute atomic E-state index is 0.0155. The number of imidazole rings is 1. The number of aromatic nitrogens is 2. The van der Waals surface area contributed by atoms with Crippen molar-refractivity contribution in [2.75, 3.05) is 12.0 Å². The molecule has 1 heterocycles. The number of carboxylic acids is 2. The molecule has 2 rings (SSSR count). The van der Waals surface area contributed by atoms with Crippen molar-refractivity contribution < 1.29 is 34.2 Å². The van der Waals surface area contributed by atoms with Gasteiger partial charge in [-0.05, 0) is 30.4 Å². The van der Waals surface area contributed by atoms with Gasteiger partial charge in [0.25, 0.3) is 0 Å². The van der Waals surface area contributed by atoms with E-state index in [-0.39, 0.29) is 19.3 Å².